The smallest absolute Gasteiger partial charge is 0.330 e. The molecule has 1 unspecified atom stereocenters. The Balaban J connectivity index is 1.99. The van der Waals surface area contributed by atoms with Gasteiger partial charge in [-0.05, 0) is 11.6 Å². The minimum absolute atomic E-state index is 0.104. The number of carbonyl (C=O) groups is 1. The van der Waals surface area contributed by atoms with Crippen molar-refractivity contribution in [3.63, 3.8) is 0 Å². The molecule has 0 saturated carbocycles. The van der Waals surface area contributed by atoms with Crippen LogP contribution < -0.4 is 4.74 Å². The van der Waals surface area contributed by atoms with Crippen LogP contribution in [0.4, 0.5) is 0 Å². The summed E-state index contributed by atoms with van der Waals surface area (Å²) in [4.78, 5) is 11.0. The van der Waals surface area contributed by atoms with Gasteiger partial charge in [-0.3, -0.25) is 0 Å². The SMILES string of the molecule is C=CC(=O)OCC(C)COc1ccccc1-c1ccccc1. The summed E-state index contributed by atoms with van der Waals surface area (Å²) in [6.07, 6.45) is 1.16. The predicted octanol–water partition coefficient (Wildman–Crippen LogP) is 4.10. The summed E-state index contributed by atoms with van der Waals surface area (Å²) < 4.78 is 10.9. The summed E-state index contributed by atoms with van der Waals surface area (Å²) >= 11 is 0. The van der Waals surface area contributed by atoms with Gasteiger partial charge in [0.25, 0.3) is 0 Å². The number of carbonyl (C=O) groups excluding carboxylic acids is 1. The van der Waals surface area contributed by atoms with Crippen molar-refractivity contribution in [2.75, 3.05) is 13.2 Å². The highest BCUT2D eigenvalue weighted by molar-refractivity contribution is 5.81. The van der Waals surface area contributed by atoms with E-state index in [-0.39, 0.29) is 5.92 Å². The van der Waals surface area contributed by atoms with Crippen LogP contribution in [0.25, 0.3) is 11.1 Å². The van der Waals surface area contributed by atoms with Gasteiger partial charge >= 0.3 is 5.97 Å². The maximum atomic E-state index is 11.0. The first-order valence-electron chi connectivity index (χ1n) is 7.27. The lowest BCUT2D eigenvalue weighted by atomic mass is 10.0. The second-order valence-corrected chi connectivity index (χ2v) is 5.11. The number of hydrogen-bond acceptors (Lipinski definition) is 3. The molecular weight excluding hydrogens is 276 g/mol. The molecule has 0 amide bonds. The standard InChI is InChI=1S/C19H20O3/c1-3-19(20)22-14-15(2)13-21-18-12-8-7-11-17(18)16-9-5-4-6-10-16/h3-12,15H,1,13-14H2,2H3. The minimum Gasteiger partial charge on any atom is -0.493 e. The van der Waals surface area contributed by atoms with Crippen LogP contribution in [-0.4, -0.2) is 19.2 Å². The highest BCUT2D eigenvalue weighted by Crippen LogP contribution is 2.29. The molecule has 0 aromatic heterocycles. The summed E-state index contributed by atoms with van der Waals surface area (Å²) in [6.45, 7) is 6.14. The molecule has 114 valence electrons. The Hall–Kier alpha value is -2.55. The van der Waals surface area contributed by atoms with Crippen molar-refractivity contribution in [2.45, 2.75) is 6.92 Å². The second kappa shape index (κ2) is 8.03. The molecule has 0 spiro atoms. The van der Waals surface area contributed by atoms with E-state index in [1.807, 2.05) is 49.4 Å². The van der Waals surface area contributed by atoms with Crippen molar-refractivity contribution >= 4 is 5.97 Å². The van der Waals surface area contributed by atoms with Crippen LogP contribution in [0.15, 0.2) is 67.3 Å². The molecular formula is C19H20O3. The molecule has 0 bridgehead atoms. The highest BCUT2D eigenvalue weighted by Gasteiger charge is 2.09. The topological polar surface area (TPSA) is 35.5 Å². The molecule has 3 heteroatoms. The van der Waals surface area contributed by atoms with E-state index < -0.39 is 5.97 Å². The first-order chi connectivity index (χ1) is 10.7. The van der Waals surface area contributed by atoms with Crippen LogP contribution in [0, 0.1) is 5.92 Å². The molecule has 0 fully saturated rings. The van der Waals surface area contributed by atoms with Crippen LogP contribution in [0.1, 0.15) is 6.92 Å². The Kier molecular flexibility index (Phi) is 5.78. The molecule has 3 nitrogen and oxygen atoms in total. The van der Waals surface area contributed by atoms with Crippen molar-refractivity contribution < 1.29 is 14.3 Å². The van der Waals surface area contributed by atoms with Crippen molar-refractivity contribution in [2.24, 2.45) is 5.92 Å². The Labute approximate surface area is 131 Å². The van der Waals surface area contributed by atoms with Crippen molar-refractivity contribution in [1.82, 2.24) is 0 Å². The Bertz CT molecular complexity index is 620. The van der Waals surface area contributed by atoms with Crippen LogP contribution >= 0.6 is 0 Å². The van der Waals surface area contributed by atoms with Gasteiger partial charge in [0.15, 0.2) is 0 Å². The van der Waals surface area contributed by atoms with Crippen LogP contribution in [0.2, 0.25) is 0 Å². The predicted molar refractivity (Wildman–Crippen MR) is 87.7 cm³/mol. The van der Waals surface area contributed by atoms with Crippen LogP contribution in [0.3, 0.4) is 0 Å². The lowest BCUT2D eigenvalue weighted by Crippen LogP contribution is -2.17. The van der Waals surface area contributed by atoms with Gasteiger partial charge < -0.3 is 9.47 Å². The zero-order valence-corrected chi connectivity index (χ0v) is 12.7. The summed E-state index contributed by atoms with van der Waals surface area (Å²) in [5.74, 6) is 0.528. The minimum atomic E-state index is -0.406. The number of rotatable bonds is 7. The van der Waals surface area contributed by atoms with Gasteiger partial charge in [-0.1, -0.05) is 62.0 Å². The zero-order chi connectivity index (χ0) is 15.8. The fourth-order valence-electron chi connectivity index (χ4n) is 2.01. The van der Waals surface area contributed by atoms with Gasteiger partial charge in [-0.2, -0.15) is 0 Å². The number of ether oxygens (including phenoxy) is 2. The summed E-state index contributed by atoms with van der Waals surface area (Å²) in [5, 5.41) is 0. The largest absolute Gasteiger partial charge is 0.493 e. The van der Waals surface area contributed by atoms with E-state index in [0.717, 1.165) is 23.0 Å². The molecule has 0 aliphatic rings. The quantitative estimate of drug-likeness (QED) is 0.570. The van der Waals surface area contributed by atoms with Gasteiger partial charge in [-0.15, -0.1) is 0 Å². The molecule has 2 rings (SSSR count). The average molecular weight is 296 g/mol. The van der Waals surface area contributed by atoms with E-state index in [1.165, 1.54) is 0 Å². The Morgan fingerprint density at radius 2 is 1.77 bits per heavy atom. The number of benzene rings is 2. The molecule has 0 N–H and O–H groups in total. The van der Waals surface area contributed by atoms with Gasteiger partial charge in [0, 0.05) is 17.6 Å². The van der Waals surface area contributed by atoms with Gasteiger partial charge in [0.05, 0.1) is 13.2 Å². The normalized spacial score (nSPS) is 11.5. The summed E-state index contributed by atoms with van der Waals surface area (Å²) in [6, 6.07) is 18.0. The van der Waals surface area contributed by atoms with E-state index >= 15 is 0 Å². The van der Waals surface area contributed by atoms with E-state index in [2.05, 4.69) is 18.7 Å². The fraction of sp³-hybridized carbons (Fsp3) is 0.211. The van der Waals surface area contributed by atoms with E-state index in [9.17, 15) is 4.79 Å². The zero-order valence-electron chi connectivity index (χ0n) is 12.7. The summed E-state index contributed by atoms with van der Waals surface area (Å²) in [5.41, 5.74) is 2.17. The number of esters is 1. The van der Waals surface area contributed by atoms with Crippen molar-refractivity contribution in [3.8, 4) is 16.9 Å². The molecule has 0 saturated heterocycles. The third-order valence-corrected chi connectivity index (χ3v) is 3.17. The molecule has 1 atom stereocenters. The molecule has 2 aromatic rings. The van der Waals surface area contributed by atoms with Gasteiger partial charge in [-0.25, -0.2) is 4.79 Å². The van der Waals surface area contributed by atoms with E-state index in [1.54, 1.807) is 0 Å². The molecule has 0 aliphatic heterocycles. The van der Waals surface area contributed by atoms with E-state index in [4.69, 9.17) is 9.47 Å². The lowest BCUT2D eigenvalue weighted by Gasteiger charge is -2.15. The Morgan fingerprint density at radius 3 is 2.50 bits per heavy atom. The monoisotopic (exact) mass is 296 g/mol. The second-order valence-electron chi connectivity index (χ2n) is 5.11. The maximum Gasteiger partial charge on any atom is 0.330 e. The molecule has 0 aliphatic carbocycles. The number of para-hydroxylation sites is 1. The van der Waals surface area contributed by atoms with E-state index in [0.29, 0.717) is 13.2 Å². The van der Waals surface area contributed by atoms with Crippen molar-refractivity contribution in [3.05, 3.63) is 67.3 Å². The maximum absolute atomic E-state index is 11.0. The Morgan fingerprint density at radius 1 is 1.09 bits per heavy atom. The lowest BCUT2D eigenvalue weighted by molar-refractivity contribution is -0.139. The molecule has 0 heterocycles. The molecule has 22 heavy (non-hydrogen) atoms. The fourth-order valence-corrected chi connectivity index (χ4v) is 2.01. The van der Waals surface area contributed by atoms with Crippen LogP contribution in [-0.2, 0) is 9.53 Å². The first-order valence-corrected chi connectivity index (χ1v) is 7.27. The first kappa shape index (κ1) is 15.8. The number of hydrogen-bond donors (Lipinski definition) is 0. The van der Waals surface area contributed by atoms with Gasteiger partial charge in [0.2, 0.25) is 0 Å². The molecule has 2 aromatic carbocycles. The highest BCUT2D eigenvalue weighted by atomic mass is 16.5. The molecule has 0 radical (unpaired) electrons. The van der Waals surface area contributed by atoms with Crippen LogP contribution in [0.5, 0.6) is 5.75 Å². The van der Waals surface area contributed by atoms with Crippen molar-refractivity contribution in [1.29, 1.82) is 0 Å². The average Bonchev–Trinajstić information content (AvgIpc) is 2.58. The third-order valence-electron chi connectivity index (χ3n) is 3.17. The summed E-state index contributed by atoms with van der Waals surface area (Å²) in [7, 11) is 0. The van der Waals surface area contributed by atoms with Gasteiger partial charge in [0.1, 0.15) is 5.75 Å². The third kappa shape index (κ3) is 4.48.